The average Bonchev–Trinajstić information content (AvgIpc) is 2.99. The Hall–Kier alpha value is -2.61. The molecule has 3 amide bonds. The predicted octanol–water partition coefficient (Wildman–Crippen LogP) is 3.08. The summed E-state index contributed by atoms with van der Waals surface area (Å²) in [6, 6.07) is 9.31. The molecule has 2 aromatic rings. The number of amides is 3. The molecular formula is C18H23N5O2S. The Morgan fingerprint density at radius 1 is 1.19 bits per heavy atom. The maximum atomic E-state index is 12.1. The van der Waals surface area contributed by atoms with E-state index in [0.29, 0.717) is 11.0 Å². The number of urea groups is 1. The highest BCUT2D eigenvalue weighted by atomic mass is 32.2. The third-order valence-corrected chi connectivity index (χ3v) is 4.05. The van der Waals surface area contributed by atoms with Crippen LogP contribution in [0.2, 0.25) is 0 Å². The van der Waals surface area contributed by atoms with E-state index in [1.54, 1.807) is 6.92 Å². The first-order valence-corrected chi connectivity index (χ1v) is 9.06. The number of rotatable bonds is 5. The number of carbonyl (C=O) groups excluding carboxylic acids is 2. The van der Waals surface area contributed by atoms with Gasteiger partial charge in [-0.1, -0.05) is 48.2 Å². The maximum absolute atomic E-state index is 12.1. The van der Waals surface area contributed by atoms with Gasteiger partial charge in [0.2, 0.25) is 11.1 Å². The number of carbonyl (C=O) groups is 2. The minimum Gasteiger partial charge on any atom is -0.333 e. The lowest BCUT2D eigenvalue weighted by atomic mass is 10.1. The Bertz CT molecular complexity index is 780. The van der Waals surface area contributed by atoms with Crippen LogP contribution in [0.4, 0.5) is 4.79 Å². The third kappa shape index (κ3) is 6.72. The first-order chi connectivity index (χ1) is 12.2. The van der Waals surface area contributed by atoms with Gasteiger partial charge in [0.1, 0.15) is 5.82 Å². The van der Waals surface area contributed by atoms with Crippen molar-refractivity contribution in [2.45, 2.75) is 43.6 Å². The van der Waals surface area contributed by atoms with Crippen molar-refractivity contribution in [1.82, 2.24) is 25.8 Å². The van der Waals surface area contributed by atoms with E-state index in [4.69, 9.17) is 0 Å². The summed E-state index contributed by atoms with van der Waals surface area (Å²) in [6.07, 6.45) is 3.73. The van der Waals surface area contributed by atoms with Gasteiger partial charge in [-0.15, -0.1) is 5.10 Å². The van der Waals surface area contributed by atoms with Crippen molar-refractivity contribution in [2.75, 3.05) is 0 Å². The van der Waals surface area contributed by atoms with E-state index in [-0.39, 0.29) is 0 Å². The van der Waals surface area contributed by atoms with Gasteiger partial charge in [0.15, 0.2) is 0 Å². The molecule has 1 aromatic carbocycles. The number of thioether (sulfide) groups is 1. The average molecular weight is 373 g/mol. The molecule has 138 valence electrons. The van der Waals surface area contributed by atoms with Gasteiger partial charge in [-0.05, 0) is 39.3 Å². The smallest absolute Gasteiger partial charge is 0.321 e. The van der Waals surface area contributed by atoms with Crippen LogP contribution in [0, 0.1) is 0 Å². The van der Waals surface area contributed by atoms with Crippen LogP contribution in [0.15, 0.2) is 35.5 Å². The highest BCUT2D eigenvalue weighted by Crippen LogP contribution is 2.19. The largest absolute Gasteiger partial charge is 0.333 e. The summed E-state index contributed by atoms with van der Waals surface area (Å²) in [5.74, 6) is 0.192. The molecule has 1 atom stereocenters. The molecule has 1 heterocycles. The number of hydrogen-bond acceptors (Lipinski definition) is 5. The first-order valence-electron chi connectivity index (χ1n) is 8.18. The highest BCUT2D eigenvalue weighted by molar-refractivity contribution is 8.00. The van der Waals surface area contributed by atoms with Gasteiger partial charge in [0.05, 0.1) is 5.25 Å². The van der Waals surface area contributed by atoms with E-state index < -0.39 is 22.7 Å². The zero-order chi connectivity index (χ0) is 19.2. The summed E-state index contributed by atoms with van der Waals surface area (Å²) < 4.78 is 0. The molecule has 0 aliphatic rings. The lowest BCUT2D eigenvalue weighted by molar-refractivity contribution is -0.119. The van der Waals surface area contributed by atoms with Crippen LogP contribution in [0.3, 0.4) is 0 Å². The third-order valence-electron chi connectivity index (χ3n) is 3.09. The van der Waals surface area contributed by atoms with Gasteiger partial charge >= 0.3 is 6.03 Å². The molecule has 0 aliphatic carbocycles. The van der Waals surface area contributed by atoms with Crippen molar-refractivity contribution in [2.24, 2.45) is 0 Å². The summed E-state index contributed by atoms with van der Waals surface area (Å²) in [6.45, 7) is 7.22. The molecular weight excluding hydrogens is 350 g/mol. The molecule has 0 saturated carbocycles. The number of nitrogens with one attached hydrogen (secondary N) is 3. The number of aromatic amines is 1. The van der Waals surface area contributed by atoms with Crippen molar-refractivity contribution in [3.63, 3.8) is 0 Å². The maximum Gasteiger partial charge on any atom is 0.321 e. The molecule has 0 bridgehead atoms. The minimum atomic E-state index is -0.517. The fourth-order valence-electron chi connectivity index (χ4n) is 1.92. The Morgan fingerprint density at radius 3 is 2.54 bits per heavy atom. The molecule has 7 nitrogen and oxygen atoms in total. The van der Waals surface area contributed by atoms with E-state index in [2.05, 4.69) is 25.8 Å². The first kappa shape index (κ1) is 19.7. The molecule has 0 saturated heterocycles. The van der Waals surface area contributed by atoms with Crippen LogP contribution in [-0.4, -0.2) is 37.9 Å². The lowest BCUT2D eigenvalue weighted by Gasteiger charge is -2.20. The molecule has 2 rings (SSSR count). The van der Waals surface area contributed by atoms with Crippen LogP contribution < -0.4 is 10.6 Å². The summed E-state index contributed by atoms with van der Waals surface area (Å²) in [4.78, 5) is 28.2. The van der Waals surface area contributed by atoms with Crippen LogP contribution in [0.1, 0.15) is 39.1 Å². The quantitative estimate of drug-likeness (QED) is 0.700. The number of imide groups is 1. The highest BCUT2D eigenvalue weighted by Gasteiger charge is 2.21. The topological polar surface area (TPSA) is 99.8 Å². The Labute approximate surface area is 157 Å². The van der Waals surface area contributed by atoms with E-state index in [1.807, 2.05) is 63.3 Å². The van der Waals surface area contributed by atoms with Crippen molar-refractivity contribution in [3.8, 4) is 0 Å². The summed E-state index contributed by atoms with van der Waals surface area (Å²) >= 11 is 1.17. The minimum absolute atomic E-state index is 0.400. The van der Waals surface area contributed by atoms with Gasteiger partial charge in [-0.25, -0.2) is 9.78 Å². The molecule has 26 heavy (non-hydrogen) atoms. The normalized spacial score (nSPS) is 12.8. The second-order valence-corrected chi connectivity index (χ2v) is 8.01. The fourth-order valence-corrected chi connectivity index (χ4v) is 2.65. The fraction of sp³-hybridized carbons (Fsp3) is 0.333. The number of benzene rings is 1. The van der Waals surface area contributed by atoms with E-state index >= 15 is 0 Å². The Morgan fingerprint density at radius 2 is 1.88 bits per heavy atom. The molecule has 1 aromatic heterocycles. The van der Waals surface area contributed by atoms with Crippen LogP contribution in [-0.2, 0) is 4.79 Å². The van der Waals surface area contributed by atoms with Crippen molar-refractivity contribution in [1.29, 1.82) is 0 Å². The van der Waals surface area contributed by atoms with Gasteiger partial charge in [-0.3, -0.25) is 15.2 Å². The van der Waals surface area contributed by atoms with Crippen LogP contribution in [0.25, 0.3) is 12.2 Å². The predicted molar refractivity (Wildman–Crippen MR) is 103 cm³/mol. The zero-order valence-electron chi connectivity index (χ0n) is 15.2. The lowest BCUT2D eigenvalue weighted by Crippen LogP contribution is -2.49. The van der Waals surface area contributed by atoms with Crippen molar-refractivity contribution < 1.29 is 9.59 Å². The van der Waals surface area contributed by atoms with Crippen molar-refractivity contribution in [3.05, 3.63) is 41.7 Å². The standard InChI is InChI=1S/C18H23N5O2S/c1-12(15(24)20-16(25)21-18(2,3)4)26-17-19-14(22-23-17)11-10-13-8-6-5-7-9-13/h5-12H,1-4H3,(H,19,22,23)(H2,20,21,24,25)/b11-10+. The molecule has 0 aliphatic heterocycles. The molecule has 0 fully saturated rings. The summed E-state index contributed by atoms with van der Waals surface area (Å²) in [7, 11) is 0. The number of H-pyrrole nitrogens is 1. The second-order valence-electron chi connectivity index (χ2n) is 6.70. The van der Waals surface area contributed by atoms with E-state index in [1.165, 1.54) is 11.8 Å². The Balaban J connectivity index is 1.88. The van der Waals surface area contributed by atoms with E-state index in [0.717, 1.165) is 5.56 Å². The summed E-state index contributed by atoms with van der Waals surface area (Å²) in [5.41, 5.74) is 0.639. The van der Waals surface area contributed by atoms with Crippen LogP contribution >= 0.6 is 11.8 Å². The number of aromatic nitrogens is 3. The van der Waals surface area contributed by atoms with Gasteiger partial charge in [0.25, 0.3) is 0 Å². The van der Waals surface area contributed by atoms with Gasteiger partial charge in [0, 0.05) is 5.54 Å². The van der Waals surface area contributed by atoms with E-state index in [9.17, 15) is 9.59 Å². The van der Waals surface area contributed by atoms with Crippen molar-refractivity contribution >= 4 is 35.9 Å². The monoisotopic (exact) mass is 373 g/mol. The number of hydrogen-bond donors (Lipinski definition) is 3. The SMILES string of the molecule is CC(Sc1n[nH]c(/C=C/c2ccccc2)n1)C(=O)NC(=O)NC(C)(C)C. The van der Waals surface area contributed by atoms with Gasteiger partial charge in [-0.2, -0.15) is 0 Å². The number of nitrogens with zero attached hydrogens (tertiary/aromatic N) is 2. The Kier molecular flexibility index (Phi) is 6.57. The molecule has 8 heteroatoms. The molecule has 1 unspecified atom stereocenters. The summed E-state index contributed by atoms with van der Waals surface area (Å²) in [5, 5.41) is 11.8. The van der Waals surface area contributed by atoms with Crippen LogP contribution in [0.5, 0.6) is 0 Å². The zero-order valence-corrected chi connectivity index (χ0v) is 16.1. The second kappa shape index (κ2) is 8.66. The molecule has 3 N–H and O–H groups in total. The van der Waals surface area contributed by atoms with Gasteiger partial charge < -0.3 is 5.32 Å². The molecule has 0 radical (unpaired) electrons. The molecule has 0 spiro atoms.